The molecule has 2 aromatic rings. The van der Waals surface area contributed by atoms with Gasteiger partial charge >= 0.3 is 0 Å². The smallest absolute Gasteiger partial charge is 0.0465 e. The van der Waals surface area contributed by atoms with Crippen molar-refractivity contribution in [3.63, 3.8) is 0 Å². The van der Waals surface area contributed by atoms with E-state index in [1.807, 2.05) is 0 Å². The second-order valence-corrected chi connectivity index (χ2v) is 41.9. The molecule has 0 aliphatic carbocycles. The van der Waals surface area contributed by atoms with Crippen molar-refractivity contribution < 1.29 is 0 Å². The van der Waals surface area contributed by atoms with Crippen molar-refractivity contribution in [2.75, 3.05) is 12.3 Å². The molecule has 0 N–H and O–H groups in total. The zero-order chi connectivity index (χ0) is 33.7. The minimum atomic E-state index is 0.0154. The van der Waals surface area contributed by atoms with Gasteiger partial charge in [-0.1, -0.05) is 189 Å². The van der Waals surface area contributed by atoms with Crippen LogP contribution in [0.25, 0.3) is 0 Å². The third-order valence-electron chi connectivity index (χ3n) is 12.6. The van der Waals surface area contributed by atoms with Crippen LogP contribution in [-0.4, -0.2) is 30.9 Å². The van der Waals surface area contributed by atoms with Crippen molar-refractivity contribution in [2.24, 2.45) is 21.7 Å². The molecule has 7 rings (SSSR count). The van der Waals surface area contributed by atoms with Gasteiger partial charge < -0.3 is 0 Å². The fourth-order valence-corrected chi connectivity index (χ4v) is 91.3. The first-order valence-corrected chi connectivity index (χ1v) is 27.9. The average Bonchev–Trinajstić information content (AvgIpc) is 3.14. The molecule has 5 fully saturated rings. The highest BCUT2D eigenvalue weighted by Crippen LogP contribution is 3.49. The lowest BCUT2D eigenvalue weighted by Crippen LogP contribution is -2.72. The zero-order valence-corrected chi connectivity index (χ0v) is 36.8. The highest BCUT2D eigenvalue weighted by molar-refractivity contribution is 8.71. The minimum absolute atomic E-state index is 0.0154. The Morgan fingerprint density at radius 1 is 0.457 bits per heavy atom. The van der Waals surface area contributed by atoms with Crippen molar-refractivity contribution >= 4 is 46.3 Å². The fourth-order valence-electron chi connectivity index (χ4n) is 10.9. The fraction of sp³-hybridized carbons (Fsp3) is 0.700. The first-order valence-electron chi connectivity index (χ1n) is 18.1. The van der Waals surface area contributed by atoms with Crippen LogP contribution < -0.4 is 0 Å². The molecule has 5 aliphatic rings. The molecular formula is C40H62P6. The van der Waals surface area contributed by atoms with E-state index in [1.165, 1.54) is 12.8 Å². The van der Waals surface area contributed by atoms with Crippen LogP contribution in [0.15, 0.2) is 60.7 Å². The summed E-state index contributed by atoms with van der Waals surface area (Å²) in [4.78, 5) is 0. The molecule has 0 bridgehead atoms. The number of hydrogen-bond donors (Lipinski definition) is 0. The Hall–Kier alpha value is 1.02. The lowest BCUT2D eigenvalue weighted by molar-refractivity contribution is 0.322. The molecule has 0 amide bonds. The second kappa shape index (κ2) is 10.8. The number of fused-ring (bicyclic) bond motifs is 2. The maximum Gasteiger partial charge on any atom is 0.0465 e. The normalized spacial score (nSPS) is 41.8. The van der Waals surface area contributed by atoms with Gasteiger partial charge in [0.2, 0.25) is 0 Å². The van der Waals surface area contributed by atoms with E-state index in [1.54, 1.807) is 23.5 Å². The van der Waals surface area contributed by atoms with Crippen LogP contribution in [0.2, 0.25) is 0 Å². The van der Waals surface area contributed by atoms with E-state index in [-0.39, 0.29) is 46.3 Å². The predicted octanol–water partition coefficient (Wildman–Crippen LogP) is 16.0. The molecule has 8 atom stereocenters. The largest absolute Gasteiger partial charge is 0.0622 e. The van der Waals surface area contributed by atoms with Gasteiger partial charge in [0.05, 0.1) is 0 Å². The lowest BCUT2D eigenvalue weighted by atomic mass is 9.96. The summed E-state index contributed by atoms with van der Waals surface area (Å²) in [6, 6.07) is 23.1. The van der Waals surface area contributed by atoms with E-state index in [0.717, 1.165) is 9.28 Å². The van der Waals surface area contributed by atoms with E-state index in [2.05, 4.69) is 158 Å². The number of benzene rings is 2. The number of rotatable bonds is 8. The Morgan fingerprint density at radius 2 is 0.739 bits per heavy atom. The molecule has 0 saturated carbocycles. The summed E-state index contributed by atoms with van der Waals surface area (Å²) < 4.78 is 2.84. The van der Waals surface area contributed by atoms with Crippen LogP contribution in [-0.2, 0) is 0 Å². The summed E-state index contributed by atoms with van der Waals surface area (Å²) >= 11 is 0. The van der Waals surface area contributed by atoms with E-state index in [9.17, 15) is 0 Å². The maximum absolute atomic E-state index is 2.77. The van der Waals surface area contributed by atoms with Gasteiger partial charge in [0.15, 0.2) is 0 Å². The molecule has 0 radical (unpaired) electrons. The Labute approximate surface area is 290 Å². The summed E-state index contributed by atoms with van der Waals surface area (Å²) in [5.41, 5.74) is 4.89. The van der Waals surface area contributed by atoms with Crippen molar-refractivity contribution in [1.29, 1.82) is 0 Å². The van der Waals surface area contributed by atoms with Gasteiger partial charge in [0, 0.05) is 18.6 Å². The standard InChI is InChI=1S/C40H62P6/c1-29(31-21-17-15-18-22-31)25-27-41-37(33(3,4)5)43-39(35(9,10)11)44-38(45(39)41,34(6,7)8)42(46(37)40(43,44)36(12,13)14)28-26-30(2)32-23-19-16-20-24-32/h15-24,29-30H,25-28H2,1-14H3/t29-,30-,37?,38?,39?,40?,41?,42?,43?,44?,45?,46?/m0/s1. The highest BCUT2D eigenvalue weighted by Gasteiger charge is 3.12. The molecule has 0 aromatic heterocycles. The molecular weight excluding hydrogens is 666 g/mol. The SMILES string of the molecule is C[C@@H](CCP1P2C3(C(C)(C)C)P(CC[C@H](C)c4ccccc4)P4C1(C(C)(C)C)P1C4(C(C)(C)C)P3C21C(C)(C)C)c1ccccc1. The highest BCUT2D eigenvalue weighted by atomic mass is 32.1. The van der Waals surface area contributed by atoms with Crippen molar-refractivity contribution in [3.05, 3.63) is 71.8 Å². The van der Waals surface area contributed by atoms with E-state index in [4.69, 9.17) is 0 Å². The van der Waals surface area contributed by atoms with Crippen molar-refractivity contribution in [1.82, 2.24) is 0 Å². The molecule has 5 saturated heterocycles. The monoisotopic (exact) mass is 728 g/mol. The van der Waals surface area contributed by atoms with Gasteiger partial charge in [-0.2, -0.15) is 0 Å². The summed E-state index contributed by atoms with van der Waals surface area (Å²) in [6.45, 7) is 38.3. The topological polar surface area (TPSA) is 0 Å². The summed E-state index contributed by atoms with van der Waals surface area (Å²) in [5, 5.41) is 0. The van der Waals surface area contributed by atoms with Crippen molar-refractivity contribution in [3.8, 4) is 0 Å². The Morgan fingerprint density at radius 3 is 1.00 bits per heavy atom. The van der Waals surface area contributed by atoms with Gasteiger partial charge in [-0.25, -0.2) is 0 Å². The van der Waals surface area contributed by atoms with Crippen LogP contribution in [0, 0.1) is 21.7 Å². The second-order valence-electron chi connectivity index (χ2n) is 19.3. The molecule has 46 heavy (non-hydrogen) atoms. The van der Waals surface area contributed by atoms with Gasteiger partial charge in [-0.15, -0.1) is 0 Å². The van der Waals surface area contributed by atoms with Gasteiger partial charge in [0.1, 0.15) is 0 Å². The Kier molecular flexibility index (Phi) is 8.30. The molecule has 0 nitrogen and oxygen atoms in total. The summed E-state index contributed by atoms with van der Waals surface area (Å²) in [6.07, 6.45) is 5.91. The van der Waals surface area contributed by atoms with Gasteiger partial charge in [-0.05, 0) is 85.0 Å². The molecule has 2 aromatic carbocycles. The predicted molar refractivity (Wildman–Crippen MR) is 219 cm³/mol. The Balaban J connectivity index is 1.40. The molecule has 6 unspecified atom stereocenters. The number of hydrogen-bond acceptors (Lipinski definition) is 0. The van der Waals surface area contributed by atoms with Crippen LogP contribution >= 0.6 is 46.3 Å². The molecule has 5 aliphatic heterocycles. The quantitative estimate of drug-likeness (QED) is 0.238. The van der Waals surface area contributed by atoms with Crippen LogP contribution in [0.5, 0.6) is 0 Å². The third-order valence-corrected chi connectivity index (χ3v) is 60.6. The third kappa shape index (κ3) is 3.83. The molecule has 0 spiro atoms. The summed E-state index contributed by atoms with van der Waals surface area (Å²) in [7, 11) is 0.100. The van der Waals surface area contributed by atoms with Crippen LogP contribution in [0.1, 0.15) is 133 Å². The maximum atomic E-state index is 2.77. The zero-order valence-electron chi connectivity index (χ0n) is 31.4. The van der Waals surface area contributed by atoms with Crippen LogP contribution in [0.3, 0.4) is 0 Å². The van der Waals surface area contributed by atoms with Gasteiger partial charge in [0.25, 0.3) is 0 Å². The first-order chi connectivity index (χ1) is 21.2. The minimum Gasteiger partial charge on any atom is -0.0622 e. The lowest BCUT2D eigenvalue weighted by Gasteiger charge is -2.90. The molecule has 252 valence electrons. The molecule has 6 heteroatoms. The van der Waals surface area contributed by atoms with E-state index in [0.29, 0.717) is 42.8 Å². The van der Waals surface area contributed by atoms with E-state index >= 15 is 0 Å². The van der Waals surface area contributed by atoms with Crippen molar-refractivity contribution in [2.45, 2.75) is 140 Å². The Bertz CT molecular complexity index is 1350. The summed E-state index contributed by atoms with van der Waals surface area (Å²) in [5.74, 6) is 1.34. The molecule has 5 heterocycles. The van der Waals surface area contributed by atoms with Crippen LogP contribution in [0.4, 0.5) is 0 Å². The van der Waals surface area contributed by atoms with E-state index < -0.39 is 0 Å². The van der Waals surface area contributed by atoms with Gasteiger partial charge in [-0.3, -0.25) is 0 Å². The first kappa shape index (κ1) is 35.4. The average molecular weight is 729 g/mol.